The number of hydrogen-bond donors (Lipinski definition) is 1. The summed E-state index contributed by atoms with van der Waals surface area (Å²) in [6.07, 6.45) is 5.08. The first-order valence-electron chi connectivity index (χ1n) is 10.7. The molecule has 0 radical (unpaired) electrons. The van der Waals surface area contributed by atoms with Crippen LogP contribution >= 0.6 is 11.6 Å². The van der Waals surface area contributed by atoms with E-state index < -0.39 is 0 Å². The van der Waals surface area contributed by atoms with Gasteiger partial charge >= 0.3 is 0 Å². The maximum atomic E-state index is 6.02. The van der Waals surface area contributed by atoms with Crippen LogP contribution in [0.2, 0.25) is 5.02 Å². The molecule has 29 heavy (non-hydrogen) atoms. The van der Waals surface area contributed by atoms with Gasteiger partial charge in [0.2, 0.25) is 0 Å². The van der Waals surface area contributed by atoms with Crippen LogP contribution in [0.25, 0.3) is 11.0 Å². The molecule has 154 valence electrons. The normalized spacial score (nSPS) is 17.0. The van der Waals surface area contributed by atoms with Crippen LogP contribution in [0, 0.1) is 19.8 Å². The van der Waals surface area contributed by atoms with Gasteiger partial charge in [0.1, 0.15) is 18.2 Å². The predicted octanol–water partition coefficient (Wildman–Crippen LogP) is 5.67. The standard InChI is InChI=1S/C24H30ClN3O/c1-17-13-22-23(14-18(17)2)28(12-4-6-19-5-3-11-26-15-19)24(27-22)16-29-21-9-7-20(25)8-10-21/h7-10,13-14,19,26H,3-6,11-12,15-16H2,1-2H3. The lowest BCUT2D eigenvalue weighted by Gasteiger charge is -2.22. The van der Waals surface area contributed by atoms with Crippen molar-refractivity contribution >= 4 is 22.6 Å². The molecule has 0 amide bonds. The minimum Gasteiger partial charge on any atom is -0.486 e. The second kappa shape index (κ2) is 9.19. The van der Waals surface area contributed by atoms with Gasteiger partial charge in [0, 0.05) is 11.6 Å². The zero-order valence-electron chi connectivity index (χ0n) is 17.4. The summed E-state index contributed by atoms with van der Waals surface area (Å²) in [6, 6.07) is 12.0. The van der Waals surface area contributed by atoms with Gasteiger partial charge in [0.05, 0.1) is 11.0 Å². The van der Waals surface area contributed by atoms with Crippen LogP contribution in [-0.4, -0.2) is 22.6 Å². The highest BCUT2D eigenvalue weighted by atomic mass is 35.5. The first-order valence-corrected chi connectivity index (χ1v) is 11.0. The molecule has 0 aliphatic carbocycles. The van der Waals surface area contributed by atoms with E-state index in [-0.39, 0.29) is 0 Å². The highest BCUT2D eigenvalue weighted by Gasteiger charge is 2.15. The molecule has 5 heteroatoms. The lowest BCUT2D eigenvalue weighted by atomic mass is 9.95. The van der Waals surface area contributed by atoms with E-state index in [1.807, 2.05) is 24.3 Å². The minimum atomic E-state index is 0.458. The van der Waals surface area contributed by atoms with Gasteiger partial charge in [-0.2, -0.15) is 0 Å². The van der Waals surface area contributed by atoms with E-state index >= 15 is 0 Å². The first kappa shape index (κ1) is 20.2. The topological polar surface area (TPSA) is 39.1 Å². The number of nitrogens with one attached hydrogen (secondary N) is 1. The largest absolute Gasteiger partial charge is 0.486 e. The van der Waals surface area contributed by atoms with Crippen LogP contribution in [0.3, 0.4) is 0 Å². The van der Waals surface area contributed by atoms with Gasteiger partial charge < -0.3 is 14.6 Å². The maximum absolute atomic E-state index is 6.02. The molecule has 1 aliphatic heterocycles. The third-order valence-electron chi connectivity index (χ3n) is 6.02. The molecular formula is C24H30ClN3O. The van der Waals surface area contributed by atoms with Crippen molar-refractivity contribution in [1.29, 1.82) is 0 Å². The fourth-order valence-electron chi connectivity index (χ4n) is 4.18. The van der Waals surface area contributed by atoms with E-state index in [4.69, 9.17) is 21.3 Å². The van der Waals surface area contributed by atoms with E-state index in [0.29, 0.717) is 11.6 Å². The molecule has 2 heterocycles. The quantitative estimate of drug-likeness (QED) is 0.544. The predicted molar refractivity (Wildman–Crippen MR) is 120 cm³/mol. The monoisotopic (exact) mass is 411 g/mol. The number of halogens is 1. The Balaban J connectivity index is 1.52. The Morgan fingerprint density at radius 3 is 2.72 bits per heavy atom. The van der Waals surface area contributed by atoms with E-state index in [1.165, 1.54) is 48.9 Å². The van der Waals surface area contributed by atoms with E-state index in [9.17, 15) is 0 Å². The maximum Gasteiger partial charge on any atom is 0.147 e. The SMILES string of the molecule is Cc1cc2nc(COc3ccc(Cl)cc3)n(CCCC3CCCNC3)c2cc1C. The molecule has 0 spiro atoms. The van der Waals surface area contributed by atoms with Crippen molar-refractivity contribution < 1.29 is 4.74 Å². The molecule has 1 N–H and O–H groups in total. The molecule has 2 aromatic carbocycles. The second-order valence-corrected chi connectivity index (χ2v) is 8.64. The van der Waals surface area contributed by atoms with Crippen molar-refractivity contribution in [3.63, 3.8) is 0 Å². The fraction of sp³-hybridized carbons (Fsp3) is 0.458. The average Bonchev–Trinajstić information content (AvgIpc) is 3.05. The van der Waals surface area contributed by atoms with Gasteiger partial charge in [-0.05, 0) is 106 Å². The van der Waals surface area contributed by atoms with Gasteiger partial charge in [0.25, 0.3) is 0 Å². The number of piperidine rings is 1. The lowest BCUT2D eigenvalue weighted by Crippen LogP contribution is -2.29. The molecule has 0 saturated carbocycles. The molecule has 1 aromatic heterocycles. The molecule has 1 atom stereocenters. The van der Waals surface area contributed by atoms with Crippen molar-refractivity contribution in [2.45, 2.75) is 52.7 Å². The van der Waals surface area contributed by atoms with Gasteiger partial charge in [-0.25, -0.2) is 4.98 Å². The van der Waals surface area contributed by atoms with Crippen LogP contribution in [0.1, 0.15) is 42.6 Å². The summed E-state index contributed by atoms with van der Waals surface area (Å²) in [5.74, 6) is 2.60. The molecule has 0 bridgehead atoms. The number of nitrogens with zero attached hydrogens (tertiary/aromatic N) is 2. The van der Waals surface area contributed by atoms with E-state index in [2.05, 4.69) is 35.9 Å². The fourth-order valence-corrected chi connectivity index (χ4v) is 4.30. The molecule has 1 saturated heterocycles. The third kappa shape index (κ3) is 4.93. The molecule has 1 unspecified atom stereocenters. The summed E-state index contributed by atoms with van der Waals surface area (Å²) in [5, 5.41) is 4.24. The van der Waals surface area contributed by atoms with Gasteiger partial charge in [-0.1, -0.05) is 11.6 Å². The van der Waals surface area contributed by atoms with Crippen molar-refractivity contribution in [3.8, 4) is 5.75 Å². The summed E-state index contributed by atoms with van der Waals surface area (Å²) < 4.78 is 8.38. The Morgan fingerprint density at radius 1 is 1.17 bits per heavy atom. The number of hydrogen-bond acceptors (Lipinski definition) is 3. The molecule has 3 aromatic rings. The van der Waals surface area contributed by atoms with E-state index in [0.717, 1.165) is 36.1 Å². The summed E-state index contributed by atoms with van der Waals surface area (Å²) in [5.41, 5.74) is 4.85. The molecular weight excluding hydrogens is 382 g/mol. The second-order valence-electron chi connectivity index (χ2n) is 8.20. The summed E-state index contributed by atoms with van der Waals surface area (Å²) in [4.78, 5) is 4.91. The van der Waals surface area contributed by atoms with Gasteiger partial charge in [-0.3, -0.25) is 0 Å². The summed E-state index contributed by atoms with van der Waals surface area (Å²) >= 11 is 5.98. The Kier molecular flexibility index (Phi) is 6.41. The molecule has 4 rings (SSSR count). The van der Waals surface area contributed by atoms with Crippen LogP contribution in [-0.2, 0) is 13.2 Å². The summed E-state index contributed by atoms with van der Waals surface area (Å²) in [7, 11) is 0. The molecule has 4 nitrogen and oxygen atoms in total. The Labute approximate surface area is 178 Å². The lowest BCUT2D eigenvalue weighted by molar-refractivity contribution is 0.287. The van der Waals surface area contributed by atoms with Crippen molar-refractivity contribution in [3.05, 3.63) is 58.4 Å². The van der Waals surface area contributed by atoms with Crippen LogP contribution in [0.5, 0.6) is 5.75 Å². The van der Waals surface area contributed by atoms with Crippen molar-refractivity contribution in [2.75, 3.05) is 13.1 Å². The molecule has 1 aliphatic rings. The number of rotatable bonds is 7. The highest BCUT2D eigenvalue weighted by molar-refractivity contribution is 6.30. The number of imidazole rings is 1. The number of benzene rings is 2. The third-order valence-corrected chi connectivity index (χ3v) is 6.27. The van der Waals surface area contributed by atoms with Crippen LogP contribution in [0.15, 0.2) is 36.4 Å². The Morgan fingerprint density at radius 2 is 1.97 bits per heavy atom. The van der Waals surface area contributed by atoms with Crippen molar-refractivity contribution in [2.24, 2.45) is 5.92 Å². The average molecular weight is 412 g/mol. The molecule has 1 fully saturated rings. The first-order chi connectivity index (χ1) is 14.1. The van der Waals surface area contributed by atoms with Crippen LogP contribution in [0.4, 0.5) is 0 Å². The van der Waals surface area contributed by atoms with Gasteiger partial charge in [-0.15, -0.1) is 0 Å². The van der Waals surface area contributed by atoms with Crippen LogP contribution < -0.4 is 10.1 Å². The summed E-state index contributed by atoms with van der Waals surface area (Å²) in [6.45, 7) is 8.09. The van der Waals surface area contributed by atoms with Crippen molar-refractivity contribution in [1.82, 2.24) is 14.9 Å². The number of ether oxygens (including phenoxy) is 1. The Hall–Kier alpha value is -2.04. The van der Waals surface area contributed by atoms with Gasteiger partial charge in [0.15, 0.2) is 0 Å². The zero-order valence-corrected chi connectivity index (χ0v) is 18.1. The number of fused-ring (bicyclic) bond motifs is 1. The number of aromatic nitrogens is 2. The Bertz CT molecular complexity index is 958. The smallest absolute Gasteiger partial charge is 0.147 e. The minimum absolute atomic E-state index is 0.458. The highest BCUT2D eigenvalue weighted by Crippen LogP contribution is 2.24. The number of aryl methyl sites for hydroxylation is 3. The van der Waals surface area contributed by atoms with E-state index in [1.54, 1.807) is 0 Å². The zero-order chi connectivity index (χ0) is 20.2.